The Morgan fingerprint density at radius 1 is 0.925 bits per heavy atom. The largest absolute Gasteiger partial charge is 0.437 e. The van der Waals surface area contributed by atoms with E-state index >= 15 is 0 Å². The van der Waals surface area contributed by atoms with Crippen molar-refractivity contribution in [3.63, 3.8) is 0 Å². The van der Waals surface area contributed by atoms with Gasteiger partial charge >= 0.3 is 5.63 Å². The molecule has 1 atom stereocenters. The molecule has 40 heavy (non-hydrogen) atoms. The number of pyridine rings is 1. The summed E-state index contributed by atoms with van der Waals surface area (Å²) in [6, 6.07) is 19.4. The van der Waals surface area contributed by atoms with Gasteiger partial charge in [-0.05, 0) is 42.0 Å². The smallest absolute Gasteiger partial charge is 0.344 e. The van der Waals surface area contributed by atoms with Crippen LogP contribution in [-0.4, -0.2) is 50.9 Å². The Balaban J connectivity index is 1.36. The molecule has 0 aliphatic carbocycles. The van der Waals surface area contributed by atoms with E-state index in [1.54, 1.807) is 29.3 Å². The van der Waals surface area contributed by atoms with E-state index in [2.05, 4.69) is 32.1 Å². The highest BCUT2D eigenvalue weighted by Crippen LogP contribution is 2.49. The lowest BCUT2D eigenvalue weighted by Gasteiger charge is -2.30. The third-order valence-electron chi connectivity index (χ3n) is 7.48. The van der Waals surface area contributed by atoms with Gasteiger partial charge in [0.1, 0.15) is 11.9 Å². The highest BCUT2D eigenvalue weighted by atomic mass is 16.5. The minimum atomic E-state index is -0.541. The maximum absolute atomic E-state index is 13.6. The average Bonchev–Trinajstić information content (AvgIpc) is 3.46. The third-order valence-corrected chi connectivity index (χ3v) is 7.48. The molecule has 0 spiro atoms. The minimum Gasteiger partial charge on any atom is -0.437 e. The van der Waals surface area contributed by atoms with Gasteiger partial charge in [-0.3, -0.25) is 4.98 Å². The Morgan fingerprint density at radius 3 is 2.60 bits per heavy atom. The standard InChI is InChI=1S/C30H22N6O4/c37-30-24-23(18-7-9-20(10-8-18)35-12-14-38-15-13-35)25-28-33-27(19-4-3-11-31-16-19)34-36(28)17-32-29(25)40-26(24)21-5-1-2-6-22(21)39-30/h1-11,16-17,23H,12-15H2. The molecule has 0 N–H and O–H groups in total. The molecular weight excluding hydrogens is 508 g/mol. The van der Waals surface area contributed by atoms with E-state index in [-0.39, 0.29) is 0 Å². The van der Waals surface area contributed by atoms with Crippen LogP contribution >= 0.6 is 0 Å². The van der Waals surface area contributed by atoms with Gasteiger partial charge in [-0.15, -0.1) is 5.10 Å². The molecule has 2 aliphatic heterocycles. The number of ether oxygens (including phenoxy) is 2. The maximum atomic E-state index is 13.6. The summed E-state index contributed by atoms with van der Waals surface area (Å²) in [4.78, 5) is 29.6. The summed E-state index contributed by atoms with van der Waals surface area (Å²) < 4.78 is 19.3. The highest BCUT2D eigenvalue weighted by Gasteiger charge is 2.37. The molecule has 1 saturated heterocycles. The SMILES string of the molecule is O=c1oc2ccccc2c2c1C(c1ccc(N3CCOCC3)cc1)c1c(ncn3nc(-c4cccnc4)nc13)O2. The maximum Gasteiger partial charge on any atom is 0.344 e. The summed E-state index contributed by atoms with van der Waals surface area (Å²) in [7, 11) is 0. The summed E-state index contributed by atoms with van der Waals surface area (Å²) in [5.41, 5.74) is 4.37. The molecule has 0 radical (unpaired) electrons. The van der Waals surface area contributed by atoms with Gasteiger partial charge in [-0.1, -0.05) is 24.3 Å². The van der Waals surface area contributed by atoms with E-state index in [1.807, 2.05) is 42.5 Å². The van der Waals surface area contributed by atoms with Crippen molar-refractivity contribution in [3.05, 3.63) is 106 Å². The fraction of sp³-hybridized carbons (Fsp3) is 0.167. The van der Waals surface area contributed by atoms with Crippen molar-refractivity contribution in [2.24, 2.45) is 0 Å². The van der Waals surface area contributed by atoms with E-state index in [4.69, 9.17) is 18.9 Å². The van der Waals surface area contributed by atoms with Crippen molar-refractivity contribution in [2.45, 2.75) is 5.92 Å². The number of hydrogen-bond donors (Lipinski definition) is 0. The minimum absolute atomic E-state index is 0.378. The Hall–Kier alpha value is -5.09. The van der Waals surface area contributed by atoms with E-state index in [0.29, 0.717) is 58.4 Å². The molecule has 10 heteroatoms. The molecule has 0 saturated carbocycles. The van der Waals surface area contributed by atoms with Crippen molar-refractivity contribution in [1.82, 2.24) is 24.6 Å². The fourth-order valence-corrected chi connectivity index (χ4v) is 5.58. The van der Waals surface area contributed by atoms with Crippen LogP contribution in [0.5, 0.6) is 11.6 Å². The van der Waals surface area contributed by atoms with Crippen LogP contribution in [0, 0.1) is 0 Å². The number of fused-ring (bicyclic) bond motifs is 6. The van der Waals surface area contributed by atoms with Gasteiger partial charge in [0.05, 0.1) is 35.6 Å². The molecular formula is C30H22N6O4. The Labute approximate surface area is 227 Å². The lowest BCUT2D eigenvalue weighted by molar-refractivity contribution is 0.122. The first-order valence-electron chi connectivity index (χ1n) is 13.1. The number of nitrogens with zero attached hydrogens (tertiary/aromatic N) is 6. The molecule has 2 aromatic carbocycles. The van der Waals surface area contributed by atoms with Crippen LogP contribution in [-0.2, 0) is 4.74 Å². The number of benzene rings is 2. The number of anilines is 1. The van der Waals surface area contributed by atoms with Gasteiger partial charge in [-0.2, -0.15) is 0 Å². The summed E-state index contributed by atoms with van der Waals surface area (Å²) in [6.45, 7) is 3.07. The van der Waals surface area contributed by atoms with Crippen LogP contribution in [0.2, 0.25) is 0 Å². The van der Waals surface area contributed by atoms with Crippen molar-refractivity contribution < 1.29 is 13.9 Å². The first-order chi connectivity index (χ1) is 19.7. The number of hydrogen-bond acceptors (Lipinski definition) is 9. The number of rotatable bonds is 3. The quantitative estimate of drug-likeness (QED) is 0.307. The van der Waals surface area contributed by atoms with E-state index < -0.39 is 11.5 Å². The van der Waals surface area contributed by atoms with Crippen LogP contribution in [0.15, 0.2) is 88.6 Å². The first-order valence-corrected chi connectivity index (χ1v) is 13.1. The molecule has 4 aromatic heterocycles. The summed E-state index contributed by atoms with van der Waals surface area (Å²) in [5, 5.41) is 5.36. The van der Waals surface area contributed by atoms with Crippen LogP contribution in [0.3, 0.4) is 0 Å². The third kappa shape index (κ3) is 3.57. The van der Waals surface area contributed by atoms with Gasteiger partial charge in [0.15, 0.2) is 17.2 Å². The predicted octanol–water partition coefficient (Wildman–Crippen LogP) is 4.42. The monoisotopic (exact) mass is 530 g/mol. The van der Waals surface area contributed by atoms with Crippen LogP contribution in [0.25, 0.3) is 28.0 Å². The zero-order valence-electron chi connectivity index (χ0n) is 21.2. The van der Waals surface area contributed by atoms with Crippen molar-refractivity contribution >= 4 is 22.3 Å². The van der Waals surface area contributed by atoms with Crippen LogP contribution < -0.4 is 15.3 Å². The predicted molar refractivity (Wildman–Crippen MR) is 147 cm³/mol. The van der Waals surface area contributed by atoms with Crippen molar-refractivity contribution in [2.75, 3.05) is 31.2 Å². The zero-order valence-corrected chi connectivity index (χ0v) is 21.2. The zero-order chi connectivity index (χ0) is 26.6. The molecule has 2 aliphatic rings. The lowest BCUT2D eigenvalue weighted by Crippen LogP contribution is -2.36. The molecule has 1 fully saturated rings. The first kappa shape index (κ1) is 22.9. The second-order valence-electron chi connectivity index (χ2n) is 9.76. The van der Waals surface area contributed by atoms with Crippen molar-refractivity contribution in [1.29, 1.82) is 0 Å². The van der Waals surface area contributed by atoms with Gasteiger partial charge in [0.25, 0.3) is 0 Å². The van der Waals surface area contributed by atoms with Gasteiger partial charge in [0, 0.05) is 36.7 Å². The van der Waals surface area contributed by atoms with E-state index in [1.165, 1.54) is 0 Å². The van der Waals surface area contributed by atoms with Gasteiger partial charge in [-0.25, -0.2) is 19.3 Å². The number of morpholine rings is 1. The topological polar surface area (TPSA) is 108 Å². The van der Waals surface area contributed by atoms with E-state index in [0.717, 1.165) is 29.9 Å². The summed E-state index contributed by atoms with van der Waals surface area (Å²) in [6.07, 6.45) is 5.00. The van der Waals surface area contributed by atoms with Gasteiger partial charge in [0.2, 0.25) is 5.88 Å². The molecule has 8 rings (SSSR count). The highest BCUT2D eigenvalue weighted by molar-refractivity contribution is 5.87. The van der Waals surface area contributed by atoms with Crippen LogP contribution in [0.1, 0.15) is 22.6 Å². The molecule has 10 nitrogen and oxygen atoms in total. The molecule has 1 unspecified atom stereocenters. The molecule has 6 heterocycles. The molecule has 6 aromatic rings. The summed E-state index contributed by atoms with van der Waals surface area (Å²) in [5.74, 6) is 0.787. The molecule has 196 valence electrons. The Morgan fingerprint density at radius 2 is 1.77 bits per heavy atom. The molecule has 0 bridgehead atoms. The fourth-order valence-electron chi connectivity index (χ4n) is 5.58. The number of aromatic nitrogens is 5. The van der Waals surface area contributed by atoms with Gasteiger partial charge < -0.3 is 18.8 Å². The Bertz CT molecular complexity index is 1950. The second-order valence-corrected chi connectivity index (χ2v) is 9.76. The molecule has 0 amide bonds. The summed E-state index contributed by atoms with van der Waals surface area (Å²) >= 11 is 0. The number of para-hydroxylation sites is 1. The van der Waals surface area contributed by atoms with Crippen molar-refractivity contribution in [3.8, 4) is 23.0 Å². The second kappa shape index (κ2) is 8.99. The Kier molecular flexibility index (Phi) is 5.14. The normalized spacial score (nSPS) is 16.5. The average molecular weight is 531 g/mol. The lowest BCUT2D eigenvalue weighted by atomic mass is 9.84. The van der Waals surface area contributed by atoms with E-state index in [9.17, 15) is 4.79 Å². The van der Waals surface area contributed by atoms with Crippen LogP contribution in [0.4, 0.5) is 5.69 Å².